The first-order chi connectivity index (χ1) is 8.51. The highest BCUT2D eigenvalue weighted by Gasteiger charge is 2.12. The number of hydrogen-bond acceptors (Lipinski definition) is 1. The fourth-order valence-corrected chi connectivity index (χ4v) is 1.94. The summed E-state index contributed by atoms with van der Waals surface area (Å²) >= 11 is 6.06. The Kier molecular flexibility index (Phi) is 5.11. The molecule has 0 atom stereocenters. The Labute approximate surface area is 114 Å². The summed E-state index contributed by atoms with van der Waals surface area (Å²) in [6.07, 6.45) is 4.22. The summed E-state index contributed by atoms with van der Waals surface area (Å²) in [7, 11) is 0. The van der Waals surface area contributed by atoms with Crippen LogP contribution in [0.3, 0.4) is 0 Å². The molecule has 1 rings (SSSR count). The highest BCUT2D eigenvalue weighted by atomic mass is 35.5. The van der Waals surface area contributed by atoms with Gasteiger partial charge in [-0.05, 0) is 36.6 Å². The average molecular weight is 260 g/mol. The zero-order chi connectivity index (χ0) is 13.7. The van der Waals surface area contributed by atoms with Gasteiger partial charge in [0.15, 0.2) is 0 Å². The van der Waals surface area contributed by atoms with Crippen LogP contribution in [-0.2, 0) is 0 Å². The molecule has 1 aromatic carbocycles. The molecular formula is C16H18ClN. The van der Waals surface area contributed by atoms with Crippen molar-refractivity contribution in [1.82, 2.24) is 0 Å². The summed E-state index contributed by atoms with van der Waals surface area (Å²) in [5, 5.41) is 8.72. The molecule has 1 nitrogen and oxygen atoms in total. The molecule has 0 aliphatic heterocycles. The molecule has 0 unspecified atom stereocenters. The molecule has 0 bridgehead atoms. The van der Waals surface area contributed by atoms with Crippen molar-refractivity contribution >= 4 is 28.5 Å². The van der Waals surface area contributed by atoms with Crippen molar-refractivity contribution in [3.05, 3.63) is 59.7 Å². The molecule has 1 N–H and O–H groups in total. The second-order valence-corrected chi connectivity index (χ2v) is 4.55. The Morgan fingerprint density at radius 2 is 2.06 bits per heavy atom. The van der Waals surface area contributed by atoms with Gasteiger partial charge in [0.1, 0.15) is 0 Å². The monoisotopic (exact) mass is 259 g/mol. The minimum atomic E-state index is 0.569. The van der Waals surface area contributed by atoms with Crippen LogP contribution in [0.2, 0.25) is 5.02 Å². The molecule has 94 valence electrons. The molecule has 0 heterocycles. The maximum Gasteiger partial charge on any atom is 0.0412 e. The number of rotatable bonds is 5. The van der Waals surface area contributed by atoms with E-state index >= 15 is 0 Å². The summed E-state index contributed by atoms with van der Waals surface area (Å²) in [6.45, 7) is 11.6. The van der Waals surface area contributed by atoms with Crippen molar-refractivity contribution in [2.45, 2.75) is 20.3 Å². The van der Waals surface area contributed by atoms with Crippen LogP contribution in [-0.4, -0.2) is 5.71 Å². The minimum absolute atomic E-state index is 0.569. The van der Waals surface area contributed by atoms with Gasteiger partial charge in [0.2, 0.25) is 0 Å². The van der Waals surface area contributed by atoms with E-state index in [2.05, 4.69) is 13.2 Å². The van der Waals surface area contributed by atoms with Crippen LogP contribution >= 0.6 is 11.6 Å². The van der Waals surface area contributed by atoms with Crippen LogP contribution in [0, 0.1) is 5.41 Å². The van der Waals surface area contributed by atoms with Crippen molar-refractivity contribution in [1.29, 1.82) is 5.41 Å². The third-order valence-electron chi connectivity index (χ3n) is 2.69. The lowest BCUT2D eigenvalue weighted by atomic mass is 9.92. The highest BCUT2D eigenvalue weighted by molar-refractivity contribution is 6.31. The SMILES string of the molecule is C=C/C=C(\C(=N)CC)c1cc(Cl)ccc1C(=C)C. The standard InChI is InChI=1S/C16H18ClN/c1-5-7-14(16(18)6-2)15-10-12(17)8-9-13(15)11(3)4/h5,7-10,18H,1,3,6H2,2,4H3/b14-7-,18-16?. The fraction of sp³-hybridized carbons (Fsp3) is 0.188. The maximum atomic E-state index is 8.05. The van der Waals surface area contributed by atoms with Gasteiger partial charge in [0.05, 0.1) is 0 Å². The van der Waals surface area contributed by atoms with Crippen LogP contribution in [0.5, 0.6) is 0 Å². The third-order valence-corrected chi connectivity index (χ3v) is 2.93. The summed E-state index contributed by atoms with van der Waals surface area (Å²) in [6, 6.07) is 5.67. The van der Waals surface area contributed by atoms with Gasteiger partial charge >= 0.3 is 0 Å². The van der Waals surface area contributed by atoms with Crippen LogP contribution in [0.15, 0.2) is 43.5 Å². The van der Waals surface area contributed by atoms with Gasteiger partial charge in [-0.15, -0.1) is 0 Å². The van der Waals surface area contributed by atoms with Crippen molar-refractivity contribution in [2.24, 2.45) is 0 Å². The van der Waals surface area contributed by atoms with Crippen molar-refractivity contribution < 1.29 is 0 Å². The maximum absolute atomic E-state index is 8.05. The second-order valence-electron chi connectivity index (χ2n) is 4.12. The second kappa shape index (κ2) is 6.36. The Bertz CT molecular complexity index is 524. The van der Waals surface area contributed by atoms with E-state index in [1.807, 2.05) is 38.1 Å². The van der Waals surface area contributed by atoms with Crippen LogP contribution in [0.4, 0.5) is 0 Å². The summed E-state index contributed by atoms with van der Waals surface area (Å²) < 4.78 is 0. The number of benzene rings is 1. The van der Waals surface area contributed by atoms with Crippen LogP contribution in [0.25, 0.3) is 11.1 Å². The molecular weight excluding hydrogens is 242 g/mol. The van der Waals surface area contributed by atoms with E-state index in [-0.39, 0.29) is 0 Å². The molecule has 0 fully saturated rings. The Morgan fingerprint density at radius 1 is 1.39 bits per heavy atom. The van der Waals surface area contributed by atoms with E-state index in [9.17, 15) is 0 Å². The van der Waals surface area contributed by atoms with Gasteiger partial charge < -0.3 is 5.41 Å². The van der Waals surface area contributed by atoms with Crippen LogP contribution < -0.4 is 0 Å². The van der Waals surface area contributed by atoms with Gasteiger partial charge in [-0.1, -0.05) is 55.5 Å². The first kappa shape index (κ1) is 14.5. The van der Waals surface area contributed by atoms with Gasteiger partial charge in [-0.2, -0.15) is 0 Å². The van der Waals surface area contributed by atoms with E-state index < -0.39 is 0 Å². The molecule has 0 saturated heterocycles. The van der Waals surface area contributed by atoms with E-state index in [1.54, 1.807) is 6.08 Å². The quantitative estimate of drug-likeness (QED) is 0.543. The fourth-order valence-electron chi connectivity index (χ4n) is 1.77. The lowest BCUT2D eigenvalue weighted by Gasteiger charge is -2.14. The molecule has 18 heavy (non-hydrogen) atoms. The van der Waals surface area contributed by atoms with E-state index in [0.29, 0.717) is 17.2 Å². The van der Waals surface area contributed by atoms with Gasteiger partial charge in [0, 0.05) is 16.3 Å². The molecule has 0 aromatic heterocycles. The van der Waals surface area contributed by atoms with Gasteiger partial charge in [-0.25, -0.2) is 0 Å². The number of halogens is 1. The topological polar surface area (TPSA) is 23.9 Å². The molecule has 0 radical (unpaired) electrons. The Hall–Kier alpha value is -1.60. The van der Waals surface area contributed by atoms with Crippen molar-refractivity contribution in [2.75, 3.05) is 0 Å². The van der Waals surface area contributed by atoms with Gasteiger partial charge in [-0.3, -0.25) is 0 Å². The smallest absolute Gasteiger partial charge is 0.0412 e. The summed E-state index contributed by atoms with van der Waals surface area (Å²) in [5.41, 5.74) is 4.35. The average Bonchev–Trinajstić information content (AvgIpc) is 2.34. The first-order valence-corrected chi connectivity index (χ1v) is 6.25. The normalized spacial score (nSPS) is 11.2. The largest absolute Gasteiger partial charge is 0.305 e. The molecule has 1 aromatic rings. The van der Waals surface area contributed by atoms with Gasteiger partial charge in [0.25, 0.3) is 0 Å². The molecule has 0 spiro atoms. The van der Waals surface area contributed by atoms with Crippen molar-refractivity contribution in [3.63, 3.8) is 0 Å². The lowest BCUT2D eigenvalue weighted by Crippen LogP contribution is -2.01. The number of nitrogens with one attached hydrogen (secondary N) is 1. The lowest BCUT2D eigenvalue weighted by molar-refractivity contribution is 1.26. The highest BCUT2D eigenvalue weighted by Crippen LogP contribution is 2.29. The van der Waals surface area contributed by atoms with E-state index in [1.165, 1.54) is 0 Å². The molecule has 0 aliphatic rings. The zero-order valence-electron chi connectivity index (χ0n) is 10.9. The van der Waals surface area contributed by atoms with Crippen molar-refractivity contribution in [3.8, 4) is 0 Å². The predicted octanol–water partition coefficient (Wildman–Crippen LogP) is 5.37. The predicted molar refractivity (Wildman–Crippen MR) is 82.4 cm³/mol. The Morgan fingerprint density at radius 3 is 2.56 bits per heavy atom. The van der Waals surface area contributed by atoms with E-state index in [0.717, 1.165) is 22.3 Å². The first-order valence-electron chi connectivity index (χ1n) is 5.87. The number of hydrogen-bond donors (Lipinski definition) is 1. The van der Waals surface area contributed by atoms with E-state index in [4.69, 9.17) is 17.0 Å². The molecule has 0 amide bonds. The third kappa shape index (κ3) is 3.21. The zero-order valence-corrected chi connectivity index (χ0v) is 11.6. The minimum Gasteiger partial charge on any atom is -0.305 e. The number of allylic oxidation sites excluding steroid dienone is 4. The Balaban J connectivity index is 3.49. The molecule has 0 aliphatic carbocycles. The molecule has 2 heteroatoms. The van der Waals surface area contributed by atoms with Crippen LogP contribution in [0.1, 0.15) is 31.4 Å². The summed E-state index contributed by atoms with van der Waals surface area (Å²) in [5.74, 6) is 0. The molecule has 0 saturated carbocycles. The summed E-state index contributed by atoms with van der Waals surface area (Å²) in [4.78, 5) is 0.